The molecular formula is C17H23N5O3S. The smallest absolute Gasteiger partial charge is 0.243 e. The minimum atomic E-state index is -0.341. The number of carbonyl (C=O) groups is 2. The van der Waals surface area contributed by atoms with Crippen LogP contribution in [0.1, 0.15) is 24.7 Å². The van der Waals surface area contributed by atoms with E-state index in [1.54, 1.807) is 16.7 Å². The van der Waals surface area contributed by atoms with Crippen LogP contribution in [0.2, 0.25) is 0 Å². The first kappa shape index (κ1) is 19.6. The van der Waals surface area contributed by atoms with E-state index in [2.05, 4.69) is 20.8 Å². The summed E-state index contributed by atoms with van der Waals surface area (Å²) in [5.41, 5.74) is 1.55. The molecule has 0 fully saturated rings. The number of nitrogens with zero attached hydrogens (tertiary/aromatic N) is 2. The number of benzene rings is 1. The zero-order valence-electron chi connectivity index (χ0n) is 15.1. The maximum absolute atomic E-state index is 12.1. The molecule has 140 valence electrons. The highest BCUT2D eigenvalue weighted by Crippen LogP contribution is 2.24. The van der Waals surface area contributed by atoms with Gasteiger partial charge in [-0.2, -0.15) is 5.10 Å². The molecule has 0 radical (unpaired) electrons. The van der Waals surface area contributed by atoms with Crippen LogP contribution in [0.15, 0.2) is 18.2 Å². The second-order valence-corrected chi connectivity index (χ2v) is 6.20. The van der Waals surface area contributed by atoms with Gasteiger partial charge in [-0.3, -0.25) is 19.3 Å². The lowest BCUT2D eigenvalue weighted by Gasteiger charge is -2.12. The summed E-state index contributed by atoms with van der Waals surface area (Å²) in [6, 6.07) is 5.47. The molecule has 0 bridgehead atoms. The van der Waals surface area contributed by atoms with Crippen LogP contribution in [-0.4, -0.2) is 40.2 Å². The number of H-pyrrole nitrogens is 1. The minimum absolute atomic E-state index is 0.0196. The highest BCUT2D eigenvalue weighted by Gasteiger charge is 2.12. The van der Waals surface area contributed by atoms with Crippen molar-refractivity contribution in [2.45, 2.75) is 33.2 Å². The number of nitrogens with one attached hydrogen (secondary N) is 3. The lowest BCUT2D eigenvalue weighted by Crippen LogP contribution is -2.35. The van der Waals surface area contributed by atoms with E-state index in [0.717, 1.165) is 17.8 Å². The number of methoxy groups -OCH3 is 1. The van der Waals surface area contributed by atoms with Crippen LogP contribution in [0.3, 0.4) is 0 Å². The fraction of sp³-hybridized carbons (Fsp3) is 0.412. The fourth-order valence-electron chi connectivity index (χ4n) is 2.42. The van der Waals surface area contributed by atoms with Gasteiger partial charge in [-0.25, -0.2) is 0 Å². The summed E-state index contributed by atoms with van der Waals surface area (Å²) in [7, 11) is 1.53. The molecule has 2 aromatic rings. The van der Waals surface area contributed by atoms with Gasteiger partial charge in [-0.15, -0.1) is 0 Å². The topological polar surface area (TPSA) is 101 Å². The monoisotopic (exact) mass is 377 g/mol. The quantitative estimate of drug-likeness (QED) is 0.611. The zero-order valence-corrected chi connectivity index (χ0v) is 15.9. The average Bonchev–Trinajstić information content (AvgIpc) is 2.94. The first-order valence-electron chi connectivity index (χ1n) is 8.29. The molecule has 0 atom stereocenters. The molecule has 26 heavy (non-hydrogen) atoms. The summed E-state index contributed by atoms with van der Waals surface area (Å²) in [6.07, 6.45) is 1.61. The Bertz CT molecular complexity index is 843. The molecule has 0 spiro atoms. The molecule has 9 heteroatoms. The molecule has 2 rings (SSSR count). The van der Waals surface area contributed by atoms with Gasteiger partial charge in [0.1, 0.15) is 18.1 Å². The van der Waals surface area contributed by atoms with Crippen molar-refractivity contribution < 1.29 is 14.3 Å². The molecule has 0 aliphatic rings. The number of rotatable bonds is 8. The van der Waals surface area contributed by atoms with Gasteiger partial charge in [0.05, 0.1) is 19.3 Å². The summed E-state index contributed by atoms with van der Waals surface area (Å²) >= 11 is 5.14. The summed E-state index contributed by atoms with van der Waals surface area (Å²) in [4.78, 5) is 24.2. The molecule has 1 heterocycles. The van der Waals surface area contributed by atoms with Crippen LogP contribution in [-0.2, 0) is 22.6 Å². The molecule has 1 aromatic heterocycles. The maximum atomic E-state index is 12.1. The lowest BCUT2D eigenvalue weighted by molar-refractivity contribution is -0.124. The van der Waals surface area contributed by atoms with Gasteiger partial charge in [0.2, 0.25) is 11.8 Å². The Morgan fingerprint density at radius 1 is 1.35 bits per heavy atom. The van der Waals surface area contributed by atoms with Crippen LogP contribution in [0.25, 0.3) is 0 Å². The first-order valence-corrected chi connectivity index (χ1v) is 8.70. The van der Waals surface area contributed by atoms with Crippen molar-refractivity contribution in [2.75, 3.05) is 19.0 Å². The number of amides is 2. The molecule has 0 unspecified atom stereocenters. The summed E-state index contributed by atoms with van der Waals surface area (Å²) in [6.45, 7) is 3.81. The first-order chi connectivity index (χ1) is 12.4. The Kier molecular flexibility index (Phi) is 6.90. The number of hydrogen-bond acceptors (Lipinski definition) is 5. The maximum Gasteiger partial charge on any atom is 0.243 e. The molecule has 3 N–H and O–H groups in total. The highest BCUT2D eigenvalue weighted by atomic mass is 32.1. The number of ether oxygens (including phenoxy) is 1. The normalized spacial score (nSPS) is 10.4. The van der Waals surface area contributed by atoms with Crippen LogP contribution in [0.4, 0.5) is 5.69 Å². The van der Waals surface area contributed by atoms with Crippen LogP contribution < -0.4 is 15.4 Å². The predicted molar refractivity (Wildman–Crippen MR) is 101 cm³/mol. The molecule has 8 nitrogen and oxygen atoms in total. The van der Waals surface area contributed by atoms with E-state index in [-0.39, 0.29) is 24.9 Å². The number of aromatic amines is 1. The Balaban J connectivity index is 1.92. The standard InChI is InChI=1S/C17H23N5O3S/c1-4-5-14-20-21-17(26)22(14)10-16(24)18-9-15(23)19-12-8-11(2)6-7-13(12)25-3/h6-8H,4-5,9-10H2,1-3H3,(H,18,24)(H,19,23)(H,21,26). The molecule has 1 aromatic carbocycles. The summed E-state index contributed by atoms with van der Waals surface area (Å²) in [5, 5.41) is 12.1. The van der Waals surface area contributed by atoms with Gasteiger partial charge < -0.3 is 15.4 Å². The van der Waals surface area contributed by atoms with Crippen molar-refractivity contribution in [3.05, 3.63) is 34.4 Å². The van der Waals surface area contributed by atoms with Crippen molar-refractivity contribution in [1.29, 1.82) is 0 Å². The minimum Gasteiger partial charge on any atom is -0.495 e. The largest absolute Gasteiger partial charge is 0.495 e. The average molecular weight is 377 g/mol. The second kappa shape index (κ2) is 9.14. The third-order valence-corrected chi connectivity index (χ3v) is 4.00. The van der Waals surface area contributed by atoms with Crippen molar-refractivity contribution in [3.8, 4) is 5.75 Å². The Morgan fingerprint density at radius 3 is 2.81 bits per heavy atom. The van der Waals surface area contributed by atoms with Gasteiger partial charge >= 0.3 is 0 Å². The number of carbonyl (C=O) groups excluding carboxylic acids is 2. The molecule has 0 aliphatic carbocycles. The van der Waals surface area contributed by atoms with Crippen LogP contribution in [0, 0.1) is 11.7 Å². The van der Waals surface area contributed by atoms with Crippen LogP contribution in [0.5, 0.6) is 5.75 Å². The van der Waals surface area contributed by atoms with Crippen molar-refractivity contribution >= 4 is 29.7 Å². The lowest BCUT2D eigenvalue weighted by atomic mass is 10.2. The van der Waals surface area contributed by atoms with Crippen molar-refractivity contribution in [3.63, 3.8) is 0 Å². The highest BCUT2D eigenvalue weighted by molar-refractivity contribution is 7.71. The van der Waals surface area contributed by atoms with E-state index >= 15 is 0 Å². The van der Waals surface area contributed by atoms with E-state index < -0.39 is 0 Å². The third-order valence-electron chi connectivity index (χ3n) is 3.69. The Morgan fingerprint density at radius 2 is 2.12 bits per heavy atom. The fourth-order valence-corrected chi connectivity index (χ4v) is 2.64. The van der Waals surface area contributed by atoms with E-state index in [1.807, 2.05) is 19.9 Å². The third kappa shape index (κ3) is 5.16. The van der Waals surface area contributed by atoms with E-state index in [4.69, 9.17) is 17.0 Å². The molecule has 2 amide bonds. The molecular weight excluding hydrogens is 354 g/mol. The van der Waals surface area contributed by atoms with E-state index in [1.165, 1.54) is 7.11 Å². The Labute approximate surface area is 156 Å². The number of hydrogen-bond donors (Lipinski definition) is 3. The van der Waals surface area contributed by atoms with Crippen molar-refractivity contribution in [2.24, 2.45) is 0 Å². The number of anilines is 1. The van der Waals surface area contributed by atoms with Crippen LogP contribution >= 0.6 is 12.2 Å². The SMILES string of the molecule is CCCc1n[nH]c(=S)n1CC(=O)NCC(=O)Nc1cc(C)ccc1OC. The van der Waals surface area contributed by atoms with E-state index in [9.17, 15) is 9.59 Å². The van der Waals surface area contributed by atoms with Gasteiger partial charge in [0, 0.05) is 6.42 Å². The second-order valence-electron chi connectivity index (χ2n) is 5.81. The van der Waals surface area contributed by atoms with Gasteiger partial charge in [0.25, 0.3) is 0 Å². The van der Waals surface area contributed by atoms with Gasteiger partial charge in [-0.1, -0.05) is 13.0 Å². The van der Waals surface area contributed by atoms with E-state index in [0.29, 0.717) is 22.6 Å². The van der Waals surface area contributed by atoms with Gasteiger partial charge in [0.15, 0.2) is 4.77 Å². The number of aryl methyl sites for hydroxylation is 2. The summed E-state index contributed by atoms with van der Waals surface area (Å²) in [5.74, 6) is 0.629. The van der Waals surface area contributed by atoms with Gasteiger partial charge in [-0.05, 0) is 43.3 Å². The Hall–Kier alpha value is -2.68. The molecule has 0 aliphatic heterocycles. The predicted octanol–water partition coefficient (Wildman–Crippen LogP) is 1.97. The zero-order chi connectivity index (χ0) is 19.1. The molecule has 0 saturated heterocycles. The summed E-state index contributed by atoms with van der Waals surface area (Å²) < 4.78 is 7.24. The van der Waals surface area contributed by atoms with Crippen molar-refractivity contribution in [1.82, 2.24) is 20.1 Å². The molecule has 0 saturated carbocycles. The number of aromatic nitrogens is 3.